The number of nitrogens with one attached hydrogen (secondary N) is 1. The Labute approximate surface area is 169 Å². The SMILES string of the molecule is C[C@H](NC(=O)C1CCN(C(=O)c2cccs2)CC1)c1ccc(S(C)(=O)=O)cc1. The molecule has 1 fully saturated rings. The molecule has 0 bridgehead atoms. The lowest BCUT2D eigenvalue weighted by atomic mass is 9.95. The van der Waals surface area contributed by atoms with E-state index in [1.54, 1.807) is 24.3 Å². The number of piperidine rings is 1. The highest BCUT2D eigenvalue weighted by Crippen LogP contribution is 2.23. The molecule has 3 rings (SSSR count). The fourth-order valence-electron chi connectivity index (χ4n) is 3.32. The first kappa shape index (κ1) is 20.5. The first-order valence-electron chi connectivity index (χ1n) is 9.19. The predicted molar refractivity (Wildman–Crippen MR) is 109 cm³/mol. The van der Waals surface area contributed by atoms with E-state index < -0.39 is 9.84 Å². The fraction of sp³-hybridized carbons (Fsp3) is 0.400. The Hall–Kier alpha value is -2.19. The van der Waals surface area contributed by atoms with Crippen molar-refractivity contribution >= 4 is 33.0 Å². The number of thiophene rings is 1. The lowest BCUT2D eigenvalue weighted by Gasteiger charge is -2.31. The minimum absolute atomic E-state index is 0.0251. The van der Waals surface area contributed by atoms with E-state index in [1.807, 2.05) is 29.3 Å². The van der Waals surface area contributed by atoms with Gasteiger partial charge >= 0.3 is 0 Å². The standard InChI is InChI=1S/C20H24N2O4S2/c1-14(15-5-7-17(8-6-15)28(2,25)26)21-19(23)16-9-11-22(12-10-16)20(24)18-4-3-13-27-18/h3-8,13-14,16H,9-12H2,1-2H3,(H,21,23)/t14-/m0/s1. The molecule has 2 amide bonds. The van der Waals surface area contributed by atoms with Gasteiger partial charge in [0.05, 0.1) is 15.8 Å². The van der Waals surface area contributed by atoms with Crippen molar-refractivity contribution < 1.29 is 18.0 Å². The molecule has 28 heavy (non-hydrogen) atoms. The molecule has 2 heterocycles. The van der Waals surface area contributed by atoms with Crippen molar-refractivity contribution in [2.75, 3.05) is 19.3 Å². The van der Waals surface area contributed by atoms with Crippen molar-refractivity contribution in [3.8, 4) is 0 Å². The average molecular weight is 421 g/mol. The number of likely N-dealkylation sites (tertiary alicyclic amines) is 1. The van der Waals surface area contributed by atoms with Gasteiger partial charge < -0.3 is 10.2 Å². The van der Waals surface area contributed by atoms with Gasteiger partial charge in [-0.05, 0) is 48.9 Å². The second-order valence-corrected chi connectivity index (χ2v) is 10.1. The van der Waals surface area contributed by atoms with Crippen molar-refractivity contribution in [3.05, 3.63) is 52.2 Å². The van der Waals surface area contributed by atoms with E-state index >= 15 is 0 Å². The van der Waals surface area contributed by atoms with Crippen LogP contribution in [0.4, 0.5) is 0 Å². The maximum absolute atomic E-state index is 12.6. The number of carbonyl (C=O) groups excluding carboxylic acids is 2. The van der Waals surface area contributed by atoms with Crippen LogP contribution in [-0.2, 0) is 14.6 Å². The number of carbonyl (C=O) groups is 2. The van der Waals surface area contributed by atoms with Crippen molar-refractivity contribution in [2.45, 2.75) is 30.7 Å². The number of hydrogen-bond acceptors (Lipinski definition) is 5. The number of benzene rings is 1. The summed E-state index contributed by atoms with van der Waals surface area (Å²) in [5, 5.41) is 4.89. The van der Waals surface area contributed by atoms with E-state index in [1.165, 1.54) is 17.6 Å². The number of nitrogens with zero attached hydrogens (tertiary/aromatic N) is 1. The van der Waals surface area contributed by atoms with Gasteiger partial charge in [0.1, 0.15) is 0 Å². The number of rotatable bonds is 5. The zero-order chi connectivity index (χ0) is 20.3. The Bertz CT molecular complexity index is 929. The van der Waals surface area contributed by atoms with Crippen LogP contribution >= 0.6 is 11.3 Å². The first-order valence-corrected chi connectivity index (χ1v) is 12.0. The summed E-state index contributed by atoms with van der Waals surface area (Å²) in [6.07, 6.45) is 2.45. The minimum atomic E-state index is -3.23. The molecule has 0 saturated carbocycles. The molecule has 0 spiro atoms. The molecule has 1 aliphatic rings. The highest BCUT2D eigenvalue weighted by atomic mass is 32.2. The number of hydrogen-bond donors (Lipinski definition) is 1. The predicted octanol–water partition coefficient (Wildman–Crippen LogP) is 2.88. The topological polar surface area (TPSA) is 83.6 Å². The molecule has 150 valence electrons. The Balaban J connectivity index is 1.53. The van der Waals surface area contributed by atoms with Gasteiger partial charge in [0.25, 0.3) is 5.91 Å². The lowest BCUT2D eigenvalue weighted by molar-refractivity contribution is -0.127. The molecule has 1 N–H and O–H groups in total. The number of amides is 2. The summed E-state index contributed by atoms with van der Waals surface area (Å²) in [6.45, 7) is 3.03. The Morgan fingerprint density at radius 3 is 2.32 bits per heavy atom. The second kappa shape index (κ2) is 8.45. The van der Waals surface area contributed by atoms with Gasteiger partial charge in [0.15, 0.2) is 9.84 Å². The van der Waals surface area contributed by atoms with E-state index in [-0.39, 0.29) is 28.7 Å². The molecule has 1 aromatic heterocycles. The summed E-state index contributed by atoms with van der Waals surface area (Å²) >= 11 is 1.43. The Morgan fingerprint density at radius 1 is 1.14 bits per heavy atom. The smallest absolute Gasteiger partial charge is 0.263 e. The third-order valence-electron chi connectivity index (χ3n) is 5.05. The third kappa shape index (κ3) is 4.80. The molecule has 6 nitrogen and oxygen atoms in total. The molecule has 1 saturated heterocycles. The van der Waals surface area contributed by atoms with Crippen LogP contribution in [0.2, 0.25) is 0 Å². The van der Waals surface area contributed by atoms with Gasteiger partial charge in [-0.25, -0.2) is 8.42 Å². The summed E-state index contributed by atoms with van der Waals surface area (Å²) in [5.41, 5.74) is 0.853. The number of sulfone groups is 1. The summed E-state index contributed by atoms with van der Waals surface area (Å²) in [6, 6.07) is 10.0. The van der Waals surface area contributed by atoms with Crippen LogP contribution in [-0.4, -0.2) is 44.5 Å². The Kier molecular flexibility index (Phi) is 6.20. The summed E-state index contributed by atoms with van der Waals surface area (Å²) in [5.74, 6) is -0.110. The zero-order valence-electron chi connectivity index (χ0n) is 15.9. The van der Waals surface area contributed by atoms with Crippen molar-refractivity contribution in [1.29, 1.82) is 0 Å². The first-order chi connectivity index (χ1) is 13.3. The molecular formula is C20H24N2O4S2. The molecule has 0 aliphatic carbocycles. The van der Waals surface area contributed by atoms with Gasteiger partial charge in [-0.2, -0.15) is 0 Å². The van der Waals surface area contributed by atoms with E-state index in [2.05, 4.69) is 5.32 Å². The maximum atomic E-state index is 12.6. The highest BCUT2D eigenvalue weighted by Gasteiger charge is 2.28. The molecule has 1 atom stereocenters. The van der Waals surface area contributed by atoms with E-state index in [0.29, 0.717) is 25.9 Å². The molecule has 0 radical (unpaired) electrons. The molecule has 8 heteroatoms. The van der Waals surface area contributed by atoms with E-state index in [9.17, 15) is 18.0 Å². The van der Waals surface area contributed by atoms with Gasteiger partial charge in [-0.1, -0.05) is 18.2 Å². The monoisotopic (exact) mass is 420 g/mol. The van der Waals surface area contributed by atoms with E-state index in [4.69, 9.17) is 0 Å². The van der Waals surface area contributed by atoms with Crippen LogP contribution in [0.15, 0.2) is 46.7 Å². The normalized spacial score (nSPS) is 16.6. The van der Waals surface area contributed by atoms with Crippen LogP contribution in [0.3, 0.4) is 0 Å². The summed E-state index contributed by atoms with van der Waals surface area (Å²) in [7, 11) is -3.23. The van der Waals surface area contributed by atoms with Crippen molar-refractivity contribution in [2.24, 2.45) is 5.92 Å². The lowest BCUT2D eigenvalue weighted by Crippen LogP contribution is -2.43. The van der Waals surface area contributed by atoms with Crippen LogP contribution in [0.25, 0.3) is 0 Å². The second-order valence-electron chi connectivity index (χ2n) is 7.12. The van der Waals surface area contributed by atoms with Crippen LogP contribution in [0.1, 0.15) is 41.0 Å². The van der Waals surface area contributed by atoms with Gasteiger partial charge in [0.2, 0.25) is 5.91 Å². The molecule has 2 aromatic rings. The van der Waals surface area contributed by atoms with Gasteiger partial charge in [-0.3, -0.25) is 9.59 Å². The third-order valence-corrected chi connectivity index (χ3v) is 7.04. The summed E-state index contributed by atoms with van der Waals surface area (Å²) in [4.78, 5) is 27.8. The van der Waals surface area contributed by atoms with Gasteiger partial charge in [0, 0.05) is 25.3 Å². The largest absolute Gasteiger partial charge is 0.349 e. The van der Waals surface area contributed by atoms with Crippen molar-refractivity contribution in [1.82, 2.24) is 10.2 Å². The average Bonchev–Trinajstić information content (AvgIpc) is 3.21. The molecule has 1 aliphatic heterocycles. The minimum Gasteiger partial charge on any atom is -0.349 e. The highest BCUT2D eigenvalue weighted by molar-refractivity contribution is 7.90. The van der Waals surface area contributed by atoms with E-state index in [0.717, 1.165) is 10.4 Å². The van der Waals surface area contributed by atoms with Crippen LogP contribution < -0.4 is 5.32 Å². The van der Waals surface area contributed by atoms with Crippen LogP contribution in [0.5, 0.6) is 0 Å². The maximum Gasteiger partial charge on any atom is 0.263 e. The van der Waals surface area contributed by atoms with Gasteiger partial charge in [-0.15, -0.1) is 11.3 Å². The quantitative estimate of drug-likeness (QED) is 0.806. The molecule has 0 unspecified atom stereocenters. The Morgan fingerprint density at radius 2 is 1.79 bits per heavy atom. The van der Waals surface area contributed by atoms with Crippen LogP contribution in [0, 0.1) is 5.92 Å². The zero-order valence-corrected chi connectivity index (χ0v) is 17.6. The summed E-state index contributed by atoms with van der Waals surface area (Å²) < 4.78 is 23.1. The van der Waals surface area contributed by atoms with Crippen molar-refractivity contribution in [3.63, 3.8) is 0 Å². The molecular weight excluding hydrogens is 396 g/mol. The molecule has 1 aromatic carbocycles. The fourth-order valence-corrected chi connectivity index (χ4v) is 4.64.